The van der Waals surface area contributed by atoms with Gasteiger partial charge in [-0.25, -0.2) is 4.39 Å². The molecule has 0 aliphatic heterocycles. The summed E-state index contributed by atoms with van der Waals surface area (Å²) in [5, 5.41) is 11.2. The number of amidine groups is 1. The van der Waals surface area contributed by atoms with Gasteiger partial charge in [0.2, 0.25) is 0 Å². The summed E-state index contributed by atoms with van der Waals surface area (Å²) in [6.07, 6.45) is -0.108. The molecule has 3 N–H and O–H groups in total. The van der Waals surface area contributed by atoms with E-state index in [2.05, 4.69) is 5.16 Å². The number of nitrogens with two attached hydrogens (primary N) is 1. The SMILES string of the molecule is CC(CC(N)=NO)Oc1ccccc1F. The van der Waals surface area contributed by atoms with Crippen LogP contribution in [0.1, 0.15) is 13.3 Å². The Bertz CT molecular complexity index is 355. The molecule has 0 fully saturated rings. The van der Waals surface area contributed by atoms with E-state index in [9.17, 15) is 4.39 Å². The summed E-state index contributed by atoms with van der Waals surface area (Å²) in [5.41, 5.74) is 5.29. The first-order valence-corrected chi connectivity index (χ1v) is 4.51. The van der Waals surface area contributed by atoms with Crippen molar-refractivity contribution in [3.63, 3.8) is 0 Å². The smallest absolute Gasteiger partial charge is 0.165 e. The maximum atomic E-state index is 13.1. The molecule has 1 atom stereocenters. The van der Waals surface area contributed by atoms with Crippen LogP contribution < -0.4 is 10.5 Å². The molecule has 0 spiro atoms. The molecule has 0 amide bonds. The zero-order chi connectivity index (χ0) is 11.3. The maximum Gasteiger partial charge on any atom is 0.165 e. The quantitative estimate of drug-likeness (QED) is 0.345. The molecule has 0 saturated carbocycles. The molecule has 0 aliphatic carbocycles. The summed E-state index contributed by atoms with van der Waals surface area (Å²) < 4.78 is 18.4. The van der Waals surface area contributed by atoms with Gasteiger partial charge < -0.3 is 15.7 Å². The third-order valence-corrected chi connectivity index (χ3v) is 1.79. The van der Waals surface area contributed by atoms with E-state index < -0.39 is 5.82 Å². The van der Waals surface area contributed by atoms with E-state index in [1.54, 1.807) is 19.1 Å². The topological polar surface area (TPSA) is 67.8 Å². The summed E-state index contributed by atoms with van der Waals surface area (Å²) in [6.45, 7) is 1.71. The zero-order valence-corrected chi connectivity index (χ0v) is 8.35. The first-order valence-electron chi connectivity index (χ1n) is 4.51. The van der Waals surface area contributed by atoms with Crippen LogP contribution in [-0.4, -0.2) is 17.1 Å². The minimum absolute atomic E-state index is 0.0545. The molecule has 15 heavy (non-hydrogen) atoms. The summed E-state index contributed by atoms with van der Waals surface area (Å²) in [5.74, 6) is -0.210. The van der Waals surface area contributed by atoms with Gasteiger partial charge in [-0.05, 0) is 19.1 Å². The molecule has 1 rings (SSSR count). The van der Waals surface area contributed by atoms with Crippen LogP contribution in [0.25, 0.3) is 0 Å². The molecule has 1 aromatic carbocycles. The Morgan fingerprint density at radius 1 is 1.60 bits per heavy atom. The third-order valence-electron chi connectivity index (χ3n) is 1.79. The maximum absolute atomic E-state index is 13.1. The van der Waals surface area contributed by atoms with Crippen LogP contribution in [0.4, 0.5) is 4.39 Å². The highest BCUT2D eigenvalue weighted by Crippen LogP contribution is 2.17. The first kappa shape index (κ1) is 11.3. The van der Waals surface area contributed by atoms with Crippen LogP contribution in [0.15, 0.2) is 29.4 Å². The highest BCUT2D eigenvalue weighted by Gasteiger charge is 2.09. The molecule has 82 valence electrons. The molecule has 1 unspecified atom stereocenters. The van der Waals surface area contributed by atoms with Gasteiger partial charge in [0.25, 0.3) is 0 Å². The fourth-order valence-corrected chi connectivity index (χ4v) is 1.13. The molecule has 0 saturated heterocycles. The third kappa shape index (κ3) is 3.46. The van der Waals surface area contributed by atoms with Crippen LogP contribution in [0.5, 0.6) is 5.75 Å². The van der Waals surface area contributed by atoms with E-state index in [1.807, 2.05) is 0 Å². The van der Waals surface area contributed by atoms with Gasteiger partial charge in [0.15, 0.2) is 11.6 Å². The predicted octanol–water partition coefficient (Wildman–Crippen LogP) is 1.73. The lowest BCUT2D eigenvalue weighted by molar-refractivity contribution is 0.216. The van der Waals surface area contributed by atoms with Crippen LogP contribution in [0, 0.1) is 5.82 Å². The minimum Gasteiger partial charge on any atom is -0.487 e. The normalized spacial score (nSPS) is 13.6. The molecule has 1 aromatic rings. The van der Waals surface area contributed by atoms with Crippen molar-refractivity contribution in [2.24, 2.45) is 10.9 Å². The Morgan fingerprint density at radius 3 is 2.87 bits per heavy atom. The molecule has 4 nitrogen and oxygen atoms in total. The Hall–Kier alpha value is -1.78. The number of hydrogen-bond donors (Lipinski definition) is 2. The van der Waals surface area contributed by atoms with Crippen LogP contribution >= 0.6 is 0 Å². The van der Waals surface area contributed by atoms with Crippen LogP contribution in [-0.2, 0) is 0 Å². The Kier molecular flexibility index (Phi) is 3.91. The fourth-order valence-electron chi connectivity index (χ4n) is 1.13. The van der Waals surface area contributed by atoms with Gasteiger partial charge in [-0.2, -0.15) is 0 Å². The number of benzene rings is 1. The predicted molar refractivity (Wildman–Crippen MR) is 54.5 cm³/mol. The number of ether oxygens (including phenoxy) is 1. The van der Waals surface area contributed by atoms with E-state index in [0.29, 0.717) is 0 Å². The van der Waals surface area contributed by atoms with Crippen molar-refractivity contribution in [2.45, 2.75) is 19.4 Å². The molecular formula is C10H13FN2O2. The van der Waals surface area contributed by atoms with E-state index in [1.165, 1.54) is 12.1 Å². The highest BCUT2D eigenvalue weighted by molar-refractivity contribution is 5.80. The van der Waals surface area contributed by atoms with E-state index in [4.69, 9.17) is 15.7 Å². The highest BCUT2D eigenvalue weighted by atomic mass is 19.1. The van der Waals surface area contributed by atoms with Crippen molar-refractivity contribution in [1.29, 1.82) is 0 Å². The number of halogens is 1. The number of hydrogen-bond acceptors (Lipinski definition) is 3. The van der Waals surface area contributed by atoms with E-state index in [0.717, 1.165) is 0 Å². The van der Waals surface area contributed by atoms with Gasteiger partial charge in [-0.15, -0.1) is 0 Å². The van der Waals surface area contributed by atoms with E-state index in [-0.39, 0.29) is 24.1 Å². The number of nitrogens with zero attached hydrogens (tertiary/aromatic N) is 1. The summed E-state index contributed by atoms with van der Waals surface area (Å²) in [6, 6.07) is 6.09. The van der Waals surface area contributed by atoms with Crippen molar-refractivity contribution in [1.82, 2.24) is 0 Å². The van der Waals surface area contributed by atoms with E-state index >= 15 is 0 Å². The first-order chi connectivity index (χ1) is 7.13. The summed E-state index contributed by atoms with van der Waals surface area (Å²) in [4.78, 5) is 0. The van der Waals surface area contributed by atoms with Crippen molar-refractivity contribution in [2.75, 3.05) is 0 Å². The van der Waals surface area contributed by atoms with Gasteiger partial charge in [0.1, 0.15) is 11.9 Å². The van der Waals surface area contributed by atoms with Gasteiger partial charge in [-0.1, -0.05) is 17.3 Å². The molecule has 0 radical (unpaired) electrons. The Balaban J connectivity index is 2.59. The van der Waals surface area contributed by atoms with Crippen molar-refractivity contribution in [3.8, 4) is 5.75 Å². The second-order valence-corrected chi connectivity index (χ2v) is 3.15. The molecular weight excluding hydrogens is 199 g/mol. The minimum atomic E-state index is -0.427. The lowest BCUT2D eigenvalue weighted by Gasteiger charge is -2.14. The van der Waals surface area contributed by atoms with Gasteiger partial charge in [0, 0.05) is 6.42 Å². The summed E-state index contributed by atoms with van der Waals surface area (Å²) >= 11 is 0. The lowest BCUT2D eigenvalue weighted by atomic mass is 10.2. The van der Waals surface area contributed by atoms with Gasteiger partial charge >= 0.3 is 0 Å². The molecule has 0 heterocycles. The monoisotopic (exact) mass is 212 g/mol. The number of para-hydroxylation sites is 1. The number of oxime groups is 1. The van der Waals surface area contributed by atoms with Crippen LogP contribution in [0.2, 0.25) is 0 Å². The second-order valence-electron chi connectivity index (χ2n) is 3.15. The Labute approximate surface area is 87.2 Å². The molecule has 0 bridgehead atoms. The largest absolute Gasteiger partial charge is 0.487 e. The second kappa shape index (κ2) is 5.19. The fraction of sp³-hybridized carbons (Fsp3) is 0.300. The van der Waals surface area contributed by atoms with Crippen molar-refractivity contribution < 1.29 is 14.3 Å². The van der Waals surface area contributed by atoms with Crippen LogP contribution in [0.3, 0.4) is 0 Å². The average Bonchev–Trinajstić information content (AvgIpc) is 2.21. The van der Waals surface area contributed by atoms with Gasteiger partial charge in [0.05, 0.1) is 0 Å². The Morgan fingerprint density at radius 2 is 2.27 bits per heavy atom. The van der Waals surface area contributed by atoms with Crippen molar-refractivity contribution in [3.05, 3.63) is 30.1 Å². The molecule has 0 aromatic heterocycles. The summed E-state index contributed by atoms with van der Waals surface area (Å²) in [7, 11) is 0. The zero-order valence-electron chi connectivity index (χ0n) is 8.35. The van der Waals surface area contributed by atoms with Crippen molar-refractivity contribution >= 4 is 5.84 Å². The van der Waals surface area contributed by atoms with Gasteiger partial charge in [-0.3, -0.25) is 0 Å². The standard InChI is InChI=1S/C10H13FN2O2/c1-7(6-10(12)13-14)15-9-5-3-2-4-8(9)11/h2-5,7,14H,6H2,1H3,(H2,12,13). The number of rotatable bonds is 4. The average molecular weight is 212 g/mol. The lowest BCUT2D eigenvalue weighted by Crippen LogP contribution is -2.22. The molecule has 0 aliphatic rings. The molecule has 5 heteroatoms.